The highest BCUT2D eigenvalue weighted by atomic mass is 19.1. The molecule has 1 amide bonds. The Hall–Kier alpha value is -1.91. The summed E-state index contributed by atoms with van der Waals surface area (Å²) in [6.07, 6.45) is 6.74. The third-order valence-corrected chi connectivity index (χ3v) is 5.82. The zero-order chi connectivity index (χ0) is 17.8. The van der Waals surface area contributed by atoms with Gasteiger partial charge in [0.2, 0.25) is 5.91 Å². The van der Waals surface area contributed by atoms with Gasteiger partial charge in [-0.2, -0.15) is 0 Å². The summed E-state index contributed by atoms with van der Waals surface area (Å²) in [4.78, 5) is 23.8. The first kappa shape index (κ1) is 17.9. The second-order valence-electron chi connectivity index (χ2n) is 7.47. The third-order valence-electron chi connectivity index (χ3n) is 5.82. The fraction of sp³-hybridized carbons (Fsp3) is 0.600. The van der Waals surface area contributed by atoms with Crippen LogP contribution in [0.1, 0.15) is 63.0 Å². The Morgan fingerprint density at radius 1 is 1.04 bits per heavy atom. The minimum atomic E-state index is -0.762. The summed E-state index contributed by atoms with van der Waals surface area (Å²) < 4.78 is 13.7. The van der Waals surface area contributed by atoms with Crippen LogP contribution in [0.3, 0.4) is 0 Å². The molecule has 1 aromatic rings. The average Bonchev–Trinajstić information content (AvgIpc) is 3.13. The lowest BCUT2D eigenvalue weighted by Crippen LogP contribution is -2.39. The van der Waals surface area contributed by atoms with E-state index in [2.05, 4.69) is 5.32 Å². The Morgan fingerprint density at radius 2 is 1.68 bits per heavy atom. The largest absolute Gasteiger partial charge is 0.481 e. The quantitative estimate of drug-likeness (QED) is 0.844. The zero-order valence-corrected chi connectivity index (χ0v) is 14.4. The molecular formula is C20H26FNO3. The molecule has 0 aliphatic heterocycles. The fourth-order valence-electron chi connectivity index (χ4n) is 4.34. The van der Waals surface area contributed by atoms with Crippen molar-refractivity contribution in [2.75, 3.05) is 0 Å². The van der Waals surface area contributed by atoms with Crippen LogP contribution in [0.15, 0.2) is 24.3 Å². The summed E-state index contributed by atoms with van der Waals surface area (Å²) in [6, 6.07) is 6.36. The number of rotatable bonds is 5. The van der Waals surface area contributed by atoms with E-state index in [9.17, 15) is 14.0 Å². The van der Waals surface area contributed by atoms with E-state index in [1.807, 2.05) is 6.07 Å². The van der Waals surface area contributed by atoms with Crippen LogP contribution in [-0.4, -0.2) is 17.0 Å². The van der Waals surface area contributed by atoms with Gasteiger partial charge in [0.05, 0.1) is 12.0 Å². The fourth-order valence-corrected chi connectivity index (χ4v) is 4.34. The molecule has 2 aliphatic carbocycles. The SMILES string of the molecule is O=C(O)C1CCC(C(=O)NC(c2cccc(F)c2)C2CCCC2)CC1. The number of carboxylic acids is 1. The minimum Gasteiger partial charge on any atom is -0.481 e. The number of carbonyl (C=O) groups excluding carboxylic acids is 1. The number of carboxylic acid groups (broad SMARTS) is 1. The molecule has 0 bridgehead atoms. The van der Waals surface area contributed by atoms with E-state index < -0.39 is 5.97 Å². The van der Waals surface area contributed by atoms with Crippen molar-refractivity contribution in [1.82, 2.24) is 5.32 Å². The molecule has 3 rings (SSSR count). The average molecular weight is 347 g/mol. The molecule has 1 atom stereocenters. The smallest absolute Gasteiger partial charge is 0.306 e. The summed E-state index contributed by atoms with van der Waals surface area (Å²) in [5.74, 6) is -1.16. The van der Waals surface area contributed by atoms with Crippen LogP contribution >= 0.6 is 0 Å². The number of carbonyl (C=O) groups is 2. The molecule has 2 aliphatic rings. The molecule has 0 spiro atoms. The van der Waals surface area contributed by atoms with Crippen molar-refractivity contribution in [2.45, 2.75) is 57.4 Å². The molecule has 0 aromatic heterocycles. The minimum absolute atomic E-state index is 0.00926. The summed E-state index contributed by atoms with van der Waals surface area (Å²) in [5.41, 5.74) is 0.833. The number of benzene rings is 1. The number of hydrogen-bond acceptors (Lipinski definition) is 2. The molecule has 4 nitrogen and oxygen atoms in total. The molecule has 1 aromatic carbocycles. The van der Waals surface area contributed by atoms with Crippen LogP contribution in [0.5, 0.6) is 0 Å². The van der Waals surface area contributed by atoms with E-state index in [0.717, 1.165) is 31.2 Å². The molecule has 5 heteroatoms. The van der Waals surface area contributed by atoms with Gasteiger partial charge in [-0.15, -0.1) is 0 Å². The van der Waals surface area contributed by atoms with Gasteiger partial charge in [-0.05, 0) is 62.1 Å². The van der Waals surface area contributed by atoms with Crippen molar-refractivity contribution in [1.29, 1.82) is 0 Å². The third kappa shape index (κ3) is 4.39. The van der Waals surface area contributed by atoms with Crippen LogP contribution in [0.4, 0.5) is 4.39 Å². The zero-order valence-electron chi connectivity index (χ0n) is 14.4. The maximum absolute atomic E-state index is 13.7. The van der Waals surface area contributed by atoms with Gasteiger partial charge < -0.3 is 10.4 Å². The van der Waals surface area contributed by atoms with Crippen LogP contribution in [-0.2, 0) is 9.59 Å². The number of nitrogens with one attached hydrogen (secondary N) is 1. The van der Waals surface area contributed by atoms with Gasteiger partial charge in [0, 0.05) is 5.92 Å². The van der Waals surface area contributed by atoms with Crippen molar-refractivity contribution in [3.63, 3.8) is 0 Å². The normalized spacial score (nSPS) is 25.5. The molecule has 0 saturated heterocycles. The lowest BCUT2D eigenvalue weighted by atomic mass is 9.81. The van der Waals surface area contributed by atoms with Gasteiger partial charge in [0.25, 0.3) is 0 Å². The second kappa shape index (κ2) is 7.98. The summed E-state index contributed by atoms with van der Waals surface area (Å²) in [5, 5.41) is 12.3. The summed E-state index contributed by atoms with van der Waals surface area (Å²) in [7, 11) is 0. The van der Waals surface area contributed by atoms with Gasteiger partial charge >= 0.3 is 5.97 Å². The predicted molar refractivity (Wildman–Crippen MR) is 92.3 cm³/mol. The molecule has 2 fully saturated rings. The van der Waals surface area contributed by atoms with Crippen molar-refractivity contribution in [3.05, 3.63) is 35.6 Å². The van der Waals surface area contributed by atoms with Crippen LogP contribution in [0.2, 0.25) is 0 Å². The van der Waals surface area contributed by atoms with Gasteiger partial charge in [-0.1, -0.05) is 25.0 Å². The highest BCUT2D eigenvalue weighted by Crippen LogP contribution is 2.37. The Balaban J connectivity index is 1.68. The van der Waals surface area contributed by atoms with Crippen molar-refractivity contribution in [3.8, 4) is 0 Å². The van der Waals surface area contributed by atoms with Gasteiger partial charge in [-0.25, -0.2) is 4.39 Å². The number of aliphatic carboxylic acids is 1. The maximum Gasteiger partial charge on any atom is 0.306 e. The first-order valence-electron chi connectivity index (χ1n) is 9.33. The van der Waals surface area contributed by atoms with Crippen molar-refractivity contribution >= 4 is 11.9 Å². The monoisotopic (exact) mass is 347 g/mol. The van der Waals surface area contributed by atoms with Crippen molar-refractivity contribution < 1.29 is 19.1 Å². The van der Waals surface area contributed by atoms with Gasteiger partial charge in [0.1, 0.15) is 5.82 Å². The molecule has 2 saturated carbocycles. The number of hydrogen-bond donors (Lipinski definition) is 2. The van der Waals surface area contributed by atoms with E-state index in [1.165, 1.54) is 12.1 Å². The van der Waals surface area contributed by atoms with E-state index in [4.69, 9.17) is 5.11 Å². The van der Waals surface area contributed by atoms with E-state index in [0.29, 0.717) is 31.6 Å². The molecule has 136 valence electrons. The number of amides is 1. The first-order valence-corrected chi connectivity index (χ1v) is 9.33. The van der Waals surface area contributed by atoms with E-state index >= 15 is 0 Å². The molecule has 25 heavy (non-hydrogen) atoms. The Kier molecular flexibility index (Phi) is 5.71. The highest BCUT2D eigenvalue weighted by Gasteiger charge is 2.33. The molecule has 0 radical (unpaired) electrons. The van der Waals surface area contributed by atoms with Crippen LogP contribution in [0.25, 0.3) is 0 Å². The molecule has 1 unspecified atom stereocenters. The molecular weight excluding hydrogens is 321 g/mol. The standard InChI is InChI=1S/C20H26FNO3/c21-17-7-3-6-16(12-17)18(13-4-1-2-5-13)22-19(23)14-8-10-15(11-9-14)20(24)25/h3,6-7,12-15,18H,1-2,4-5,8-11H2,(H,22,23)(H,24,25). The Bertz CT molecular complexity index is 619. The first-order chi connectivity index (χ1) is 12.0. The lowest BCUT2D eigenvalue weighted by molar-refractivity contribution is -0.144. The molecule has 2 N–H and O–H groups in total. The predicted octanol–water partition coefficient (Wildman–Crippen LogP) is 4.06. The van der Waals surface area contributed by atoms with Crippen LogP contribution in [0, 0.1) is 23.6 Å². The molecule has 0 heterocycles. The topological polar surface area (TPSA) is 66.4 Å². The lowest BCUT2D eigenvalue weighted by Gasteiger charge is -2.30. The maximum atomic E-state index is 13.7. The second-order valence-corrected chi connectivity index (χ2v) is 7.47. The Labute approximate surface area is 147 Å². The van der Waals surface area contributed by atoms with Crippen LogP contribution < -0.4 is 5.32 Å². The van der Waals surface area contributed by atoms with E-state index in [-0.39, 0.29) is 29.6 Å². The number of halogens is 1. The summed E-state index contributed by atoms with van der Waals surface area (Å²) >= 11 is 0. The van der Waals surface area contributed by atoms with E-state index in [1.54, 1.807) is 6.07 Å². The van der Waals surface area contributed by atoms with Gasteiger partial charge in [-0.3, -0.25) is 9.59 Å². The Morgan fingerprint density at radius 3 is 2.28 bits per heavy atom. The summed E-state index contributed by atoms with van der Waals surface area (Å²) in [6.45, 7) is 0. The van der Waals surface area contributed by atoms with Crippen molar-refractivity contribution in [2.24, 2.45) is 17.8 Å². The van der Waals surface area contributed by atoms with Gasteiger partial charge in [0.15, 0.2) is 0 Å². The highest BCUT2D eigenvalue weighted by molar-refractivity contribution is 5.79.